The molecule has 0 bridgehead atoms. The first-order valence-electron chi connectivity index (χ1n) is 7.03. The summed E-state index contributed by atoms with van der Waals surface area (Å²) >= 11 is 0. The third kappa shape index (κ3) is 4.39. The second-order valence-corrected chi connectivity index (χ2v) is 9.40. The van der Waals surface area contributed by atoms with E-state index in [1.807, 2.05) is 0 Å². The molecule has 1 saturated heterocycles. The Bertz CT molecular complexity index is 788. The second-order valence-electron chi connectivity index (χ2n) is 5.28. The predicted molar refractivity (Wildman–Crippen MR) is 79.7 cm³/mol. The maximum absolute atomic E-state index is 12.6. The molecular formula is C13H16F3NO5S2. The number of ether oxygens (including phenoxy) is 1. The van der Waals surface area contributed by atoms with Gasteiger partial charge in [0, 0.05) is 12.6 Å². The quantitative estimate of drug-likeness (QED) is 0.769. The zero-order valence-corrected chi connectivity index (χ0v) is 14.3. The summed E-state index contributed by atoms with van der Waals surface area (Å²) in [6.07, 6.45) is -4.67. The summed E-state index contributed by atoms with van der Waals surface area (Å²) in [6, 6.07) is 3.14. The van der Waals surface area contributed by atoms with E-state index < -0.39 is 38.0 Å². The Kier molecular flexibility index (Phi) is 5.17. The van der Waals surface area contributed by atoms with Crippen molar-refractivity contribution in [1.82, 2.24) is 4.31 Å². The predicted octanol–water partition coefficient (Wildman–Crippen LogP) is 1.78. The Morgan fingerprint density at radius 1 is 1.25 bits per heavy atom. The molecule has 136 valence electrons. The molecule has 0 spiro atoms. The van der Waals surface area contributed by atoms with Gasteiger partial charge in [-0.25, -0.2) is 16.8 Å². The molecular weight excluding hydrogens is 371 g/mol. The number of hydrogen-bond donors (Lipinski definition) is 0. The molecule has 0 amide bonds. The van der Waals surface area contributed by atoms with Crippen molar-refractivity contribution in [2.24, 2.45) is 0 Å². The van der Waals surface area contributed by atoms with E-state index in [1.54, 1.807) is 6.92 Å². The summed E-state index contributed by atoms with van der Waals surface area (Å²) in [4.78, 5) is -0.219. The first-order chi connectivity index (χ1) is 10.9. The van der Waals surface area contributed by atoms with E-state index in [2.05, 4.69) is 4.74 Å². The summed E-state index contributed by atoms with van der Waals surface area (Å²) in [6.45, 7) is 1.63. The van der Waals surface area contributed by atoms with Crippen molar-refractivity contribution >= 4 is 19.9 Å². The highest BCUT2D eigenvalue weighted by atomic mass is 32.2. The number of alkyl halides is 3. The van der Waals surface area contributed by atoms with Gasteiger partial charge in [0.1, 0.15) is 5.75 Å². The van der Waals surface area contributed by atoms with Gasteiger partial charge in [0.05, 0.1) is 16.4 Å². The summed E-state index contributed by atoms with van der Waals surface area (Å²) in [5, 5.41) is 0. The van der Waals surface area contributed by atoms with E-state index in [9.17, 15) is 30.0 Å². The van der Waals surface area contributed by atoms with Gasteiger partial charge in [0.15, 0.2) is 9.84 Å². The lowest BCUT2D eigenvalue weighted by Gasteiger charge is -2.26. The first kappa shape index (κ1) is 19.0. The molecule has 1 unspecified atom stereocenters. The van der Waals surface area contributed by atoms with Crippen molar-refractivity contribution in [3.63, 3.8) is 0 Å². The van der Waals surface area contributed by atoms with Crippen LogP contribution in [0.15, 0.2) is 29.2 Å². The molecule has 24 heavy (non-hydrogen) atoms. The van der Waals surface area contributed by atoms with E-state index in [4.69, 9.17) is 0 Å². The molecule has 1 heterocycles. The molecule has 0 aromatic heterocycles. The summed E-state index contributed by atoms with van der Waals surface area (Å²) < 4.78 is 89.5. The van der Waals surface area contributed by atoms with Crippen LogP contribution in [0.2, 0.25) is 0 Å². The van der Waals surface area contributed by atoms with Gasteiger partial charge in [-0.3, -0.25) is 0 Å². The highest BCUT2D eigenvalue weighted by molar-refractivity contribution is 7.92. The number of rotatable bonds is 5. The Morgan fingerprint density at radius 2 is 1.83 bits per heavy atom. The standard InChI is InChI=1S/C13H16F3NO5S2/c1-2-17(10-7-8-23(18,19)9-10)24(20,21)12-5-3-11(4-6-12)22-13(14,15)16/h3-6,10H,2,7-9H2,1H3. The lowest BCUT2D eigenvalue weighted by Crippen LogP contribution is -2.40. The van der Waals surface area contributed by atoms with Crippen LogP contribution in [-0.4, -0.2) is 51.6 Å². The Balaban J connectivity index is 2.25. The van der Waals surface area contributed by atoms with Crippen molar-refractivity contribution in [3.8, 4) is 5.75 Å². The molecule has 1 aliphatic heterocycles. The summed E-state index contributed by atoms with van der Waals surface area (Å²) in [7, 11) is -7.28. The molecule has 1 aromatic carbocycles. The minimum absolute atomic E-state index is 0.0589. The molecule has 1 aliphatic rings. The van der Waals surface area contributed by atoms with Crippen LogP contribution < -0.4 is 4.74 Å². The smallest absolute Gasteiger partial charge is 0.406 e. The molecule has 1 fully saturated rings. The average Bonchev–Trinajstić information content (AvgIpc) is 2.78. The summed E-state index contributed by atoms with van der Waals surface area (Å²) in [5.41, 5.74) is 0. The monoisotopic (exact) mass is 387 g/mol. The van der Waals surface area contributed by atoms with Crippen LogP contribution in [0.3, 0.4) is 0 Å². The van der Waals surface area contributed by atoms with Gasteiger partial charge in [-0.15, -0.1) is 13.2 Å². The van der Waals surface area contributed by atoms with Crippen molar-refractivity contribution in [2.75, 3.05) is 18.1 Å². The molecule has 0 radical (unpaired) electrons. The number of sulfonamides is 1. The normalized spacial score (nSPS) is 21.1. The lowest BCUT2D eigenvalue weighted by molar-refractivity contribution is -0.274. The number of nitrogens with zero attached hydrogens (tertiary/aromatic N) is 1. The van der Waals surface area contributed by atoms with Crippen LogP contribution >= 0.6 is 0 Å². The maximum atomic E-state index is 12.6. The van der Waals surface area contributed by atoms with Crippen molar-refractivity contribution < 1.29 is 34.7 Å². The van der Waals surface area contributed by atoms with E-state index in [-0.39, 0.29) is 29.4 Å². The first-order valence-corrected chi connectivity index (χ1v) is 10.3. The zero-order chi connectivity index (χ0) is 18.2. The van der Waals surface area contributed by atoms with E-state index >= 15 is 0 Å². The van der Waals surface area contributed by atoms with Crippen LogP contribution in [0.4, 0.5) is 13.2 Å². The third-order valence-corrected chi connectivity index (χ3v) is 7.38. The van der Waals surface area contributed by atoms with Gasteiger partial charge < -0.3 is 4.74 Å². The zero-order valence-electron chi connectivity index (χ0n) is 12.7. The third-order valence-electron chi connectivity index (χ3n) is 3.59. The number of halogens is 3. The molecule has 6 nitrogen and oxygen atoms in total. The fourth-order valence-electron chi connectivity index (χ4n) is 2.58. The molecule has 1 atom stereocenters. The van der Waals surface area contributed by atoms with Crippen molar-refractivity contribution in [1.29, 1.82) is 0 Å². The SMILES string of the molecule is CCN(C1CCS(=O)(=O)C1)S(=O)(=O)c1ccc(OC(F)(F)F)cc1. The molecule has 2 rings (SSSR count). The Morgan fingerprint density at radius 3 is 2.25 bits per heavy atom. The Hall–Kier alpha value is -1.33. The summed E-state index contributed by atoms with van der Waals surface area (Å²) in [5.74, 6) is -0.870. The molecule has 0 aliphatic carbocycles. The van der Waals surface area contributed by atoms with Gasteiger partial charge in [0.25, 0.3) is 0 Å². The van der Waals surface area contributed by atoms with Crippen LogP contribution in [0.5, 0.6) is 5.75 Å². The fourth-order valence-corrected chi connectivity index (χ4v) is 6.06. The van der Waals surface area contributed by atoms with E-state index in [0.29, 0.717) is 0 Å². The molecule has 0 saturated carbocycles. The van der Waals surface area contributed by atoms with Gasteiger partial charge in [-0.1, -0.05) is 6.92 Å². The van der Waals surface area contributed by atoms with E-state index in [0.717, 1.165) is 28.6 Å². The van der Waals surface area contributed by atoms with Crippen LogP contribution in [0, 0.1) is 0 Å². The number of sulfone groups is 1. The maximum Gasteiger partial charge on any atom is 0.573 e. The topological polar surface area (TPSA) is 80.8 Å². The number of hydrogen-bond acceptors (Lipinski definition) is 5. The highest BCUT2D eigenvalue weighted by Crippen LogP contribution is 2.27. The molecule has 11 heteroatoms. The van der Waals surface area contributed by atoms with Crippen LogP contribution in [0.25, 0.3) is 0 Å². The minimum Gasteiger partial charge on any atom is -0.406 e. The fraction of sp³-hybridized carbons (Fsp3) is 0.538. The minimum atomic E-state index is -4.87. The highest BCUT2D eigenvalue weighted by Gasteiger charge is 2.38. The van der Waals surface area contributed by atoms with E-state index in [1.165, 1.54) is 0 Å². The van der Waals surface area contributed by atoms with Gasteiger partial charge >= 0.3 is 6.36 Å². The molecule has 0 N–H and O–H groups in total. The average molecular weight is 387 g/mol. The van der Waals surface area contributed by atoms with Gasteiger partial charge in [-0.2, -0.15) is 4.31 Å². The van der Waals surface area contributed by atoms with Crippen molar-refractivity contribution in [2.45, 2.75) is 30.6 Å². The largest absolute Gasteiger partial charge is 0.573 e. The molecule has 1 aromatic rings. The van der Waals surface area contributed by atoms with Crippen molar-refractivity contribution in [3.05, 3.63) is 24.3 Å². The second kappa shape index (κ2) is 6.52. The van der Waals surface area contributed by atoms with Crippen LogP contribution in [0.1, 0.15) is 13.3 Å². The van der Waals surface area contributed by atoms with Gasteiger partial charge in [0.2, 0.25) is 10.0 Å². The Labute approximate surface area is 138 Å². The lowest BCUT2D eigenvalue weighted by atomic mass is 10.3. The van der Waals surface area contributed by atoms with Crippen LogP contribution in [-0.2, 0) is 19.9 Å². The van der Waals surface area contributed by atoms with Gasteiger partial charge in [-0.05, 0) is 30.7 Å². The number of benzene rings is 1.